The van der Waals surface area contributed by atoms with E-state index in [2.05, 4.69) is 33.1 Å². The van der Waals surface area contributed by atoms with Crippen molar-refractivity contribution in [1.29, 1.82) is 0 Å². The number of piperazine rings is 1. The molecule has 3 aromatic heterocycles. The number of anilines is 1. The standard InChI is InChI=1S/C21H17ClN4O2S/c22-21-23-18(15-13-17(29-19(15)24-21)14-5-2-1-3-6-14)25-8-10-26(11-9-25)20(27)16-7-4-12-28-16/h1-7,12-13H,8-11H2. The third kappa shape index (κ3) is 3.47. The first-order chi connectivity index (χ1) is 14.2. The largest absolute Gasteiger partial charge is 0.459 e. The van der Waals surface area contributed by atoms with Crippen LogP contribution in [0.25, 0.3) is 20.7 Å². The van der Waals surface area contributed by atoms with E-state index in [0.717, 1.165) is 26.5 Å². The van der Waals surface area contributed by atoms with Crippen LogP contribution in [0.5, 0.6) is 0 Å². The van der Waals surface area contributed by atoms with Gasteiger partial charge in [0, 0.05) is 31.1 Å². The summed E-state index contributed by atoms with van der Waals surface area (Å²) < 4.78 is 5.24. The molecule has 4 aromatic rings. The molecular formula is C21H17ClN4O2S. The van der Waals surface area contributed by atoms with Crippen molar-refractivity contribution in [2.24, 2.45) is 0 Å². The average Bonchev–Trinajstić information content (AvgIpc) is 3.43. The van der Waals surface area contributed by atoms with Gasteiger partial charge in [0.1, 0.15) is 10.6 Å². The Kier molecular flexibility index (Phi) is 4.69. The number of furan rings is 1. The summed E-state index contributed by atoms with van der Waals surface area (Å²) in [6.45, 7) is 2.54. The maximum atomic E-state index is 12.5. The molecule has 1 aliphatic heterocycles. The van der Waals surface area contributed by atoms with Gasteiger partial charge in [0.15, 0.2) is 5.76 Å². The van der Waals surface area contributed by atoms with Crippen LogP contribution in [-0.2, 0) is 0 Å². The zero-order chi connectivity index (χ0) is 19.8. The van der Waals surface area contributed by atoms with Crippen molar-refractivity contribution in [2.45, 2.75) is 0 Å². The second-order valence-electron chi connectivity index (χ2n) is 6.77. The van der Waals surface area contributed by atoms with Gasteiger partial charge in [0.05, 0.1) is 11.6 Å². The summed E-state index contributed by atoms with van der Waals surface area (Å²) in [5.41, 5.74) is 1.14. The molecule has 0 unspecified atom stereocenters. The van der Waals surface area contributed by atoms with Gasteiger partial charge in [-0.25, -0.2) is 4.98 Å². The number of halogens is 1. The van der Waals surface area contributed by atoms with Gasteiger partial charge in [-0.2, -0.15) is 4.98 Å². The molecule has 0 aliphatic carbocycles. The third-order valence-corrected chi connectivity index (χ3v) is 6.25. The Balaban J connectivity index is 1.42. The zero-order valence-corrected chi connectivity index (χ0v) is 17.0. The molecule has 1 aliphatic rings. The van der Waals surface area contributed by atoms with E-state index in [-0.39, 0.29) is 11.2 Å². The van der Waals surface area contributed by atoms with Crippen LogP contribution >= 0.6 is 22.9 Å². The lowest BCUT2D eigenvalue weighted by molar-refractivity contribution is 0.0714. The van der Waals surface area contributed by atoms with Crippen molar-refractivity contribution in [3.8, 4) is 10.4 Å². The van der Waals surface area contributed by atoms with E-state index in [1.165, 1.54) is 6.26 Å². The van der Waals surface area contributed by atoms with E-state index >= 15 is 0 Å². The Morgan fingerprint density at radius 3 is 2.55 bits per heavy atom. The number of hydrogen-bond donors (Lipinski definition) is 0. The molecule has 1 saturated heterocycles. The second kappa shape index (κ2) is 7.50. The van der Waals surface area contributed by atoms with E-state index in [1.807, 2.05) is 18.2 Å². The van der Waals surface area contributed by atoms with Crippen LogP contribution in [0.2, 0.25) is 5.28 Å². The number of fused-ring (bicyclic) bond motifs is 1. The van der Waals surface area contributed by atoms with Gasteiger partial charge in [-0.05, 0) is 35.4 Å². The van der Waals surface area contributed by atoms with Crippen LogP contribution < -0.4 is 4.90 Å². The predicted molar refractivity (Wildman–Crippen MR) is 115 cm³/mol. The van der Waals surface area contributed by atoms with E-state index in [1.54, 1.807) is 28.4 Å². The molecule has 0 bridgehead atoms. The molecule has 0 spiro atoms. The lowest BCUT2D eigenvalue weighted by Crippen LogP contribution is -2.49. The molecule has 146 valence electrons. The molecule has 8 heteroatoms. The van der Waals surface area contributed by atoms with Gasteiger partial charge < -0.3 is 14.2 Å². The Morgan fingerprint density at radius 2 is 1.83 bits per heavy atom. The van der Waals surface area contributed by atoms with Crippen LogP contribution in [0.3, 0.4) is 0 Å². The minimum Gasteiger partial charge on any atom is -0.459 e. The molecule has 1 aromatic carbocycles. The third-order valence-electron chi connectivity index (χ3n) is 5.00. The molecule has 0 atom stereocenters. The lowest BCUT2D eigenvalue weighted by Gasteiger charge is -2.35. The molecule has 29 heavy (non-hydrogen) atoms. The molecule has 1 amide bonds. The van der Waals surface area contributed by atoms with Crippen molar-refractivity contribution in [2.75, 3.05) is 31.1 Å². The van der Waals surface area contributed by atoms with Gasteiger partial charge in [-0.1, -0.05) is 30.3 Å². The van der Waals surface area contributed by atoms with Crippen LogP contribution in [0, 0.1) is 0 Å². The van der Waals surface area contributed by atoms with Crippen LogP contribution in [-0.4, -0.2) is 47.0 Å². The first-order valence-electron chi connectivity index (χ1n) is 9.29. The maximum Gasteiger partial charge on any atom is 0.289 e. The van der Waals surface area contributed by atoms with E-state index < -0.39 is 0 Å². The summed E-state index contributed by atoms with van der Waals surface area (Å²) >= 11 is 7.83. The van der Waals surface area contributed by atoms with E-state index in [0.29, 0.717) is 31.9 Å². The molecule has 4 heterocycles. The van der Waals surface area contributed by atoms with Gasteiger partial charge in [0.25, 0.3) is 5.91 Å². The predicted octanol–water partition coefficient (Wildman–Crippen LogP) is 4.57. The highest BCUT2D eigenvalue weighted by Crippen LogP contribution is 2.37. The molecule has 0 N–H and O–H groups in total. The van der Waals surface area contributed by atoms with E-state index in [9.17, 15) is 4.79 Å². The Bertz CT molecular complexity index is 1150. The summed E-state index contributed by atoms with van der Waals surface area (Å²) in [6, 6.07) is 15.8. The number of amides is 1. The minimum atomic E-state index is -0.0811. The first kappa shape index (κ1) is 18.1. The maximum absolute atomic E-state index is 12.5. The Hall–Kier alpha value is -2.90. The monoisotopic (exact) mass is 424 g/mol. The topological polar surface area (TPSA) is 62.5 Å². The number of hydrogen-bond acceptors (Lipinski definition) is 6. The molecule has 6 nitrogen and oxygen atoms in total. The lowest BCUT2D eigenvalue weighted by atomic mass is 10.2. The van der Waals surface area contributed by atoms with Crippen molar-refractivity contribution in [3.05, 3.63) is 65.8 Å². The van der Waals surface area contributed by atoms with Crippen molar-refractivity contribution >= 4 is 44.9 Å². The van der Waals surface area contributed by atoms with Crippen LogP contribution in [0.1, 0.15) is 10.6 Å². The Morgan fingerprint density at radius 1 is 1.03 bits per heavy atom. The normalized spacial score (nSPS) is 14.5. The van der Waals surface area contributed by atoms with Crippen molar-refractivity contribution in [3.63, 3.8) is 0 Å². The molecule has 5 rings (SSSR count). The van der Waals surface area contributed by atoms with Gasteiger partial charge in [0.2, 0.25) is 5.28 Å². The Labute approximate surface area is 176 Å². The summed E-state index contributed by atoms with van der Waals surface area (Å²) in [4.78, 5) is 27.4. The fourth-order valence-corrected chi connectivity index (χ4v) is 4.79. The average molecular weight is 425 g/mol. The van der Waals surface area contributed by atoms with Gasteiger partial charge in [-0.15, -0.1) is 11.3 Å². The van der Waals surface area contributed by atoms with Gasteiger partial charge in [-0.3, -0.25) is 4.79 Å². The quantitative estimate of drug-likeness (QED) is 0.451. The fourth-order valence-electron chi connectivity index (χ4n) is 3.54. The number of benzene rings is 1. The minimum absolute atomic E-state index is 0.0811. The number of nitrogens with zero attached hydrogens (tertiary/aromatic N) is 4. The molecule has 1 fully saturated rings. The zero-order valence-electron chi connectivity index (χ0n) is 15.4. The number of thiophene rings is 1. The number of carbonyl (C=O) groups is 1. The highest BCUT2D eigenvalue weighted by molar-refractivity contribution is 7.22. The second-order valence-corrected chi connectivity index (χ2v) is 8.14. The highest BCUT2D eigenvalue weighted by atomic mass is 35.5. The van der Waals surface area contributed by atoms with Gasteiger partial charge >= 0.3 is 0 Å². The first-order valence-corrected chi connectivity index (χ1v) is 10.5. The smallest absolute Gasteiger partial charge is 0.289 e. The summed E-state index contributed by atoms with van der Waals surface area (Å²) in [7, 11) is 0. The SMILES string of the molecule is O=C(c1ccco1)N1CCN(c2nc(Cl)nc3sc(-c4ccccc4)cc23)CC1. The van der Waals surface area contributed by atoms with Crippen LogP contribution in [0.4, 0.5) is 5.82 Å². The number of aromatic nitrogens is 2. The molecule has 0 radical (unpaired) electrons. The summed E-state index contributed by atoms with van der Waals surface area (Å²) in [5, 5.41) is 1.23. The molecule has 0 saturated carbocycles. The van der Waals surface area contributed by atoms with Crippen molar-refractivity contribution in [1.82, 2.24) is 14.9 Å². The number of rotatable bonds is 3. The number of carbonyl (C=O) groups excluding carboxylic acids is 1. The fraction of sp³-hybridized carbons (Fsp3) is 0.190. The highest BCUT2D eigenvalue weighted by Gasteiger charge is 2.26. The summed E-state index contributed by atoms with van der Waals surface area (Å²) in [5.74, 6) is 1.11. The summed E-state index contributed by atoms with van der Waals surface area (Å²) in [6.07, 6.45) is 1.52. The van der Waals surface area contributed by atoms with E-state index in [4.69, 9.17) is 16.0 Å². The van der Waals surface area contributed by atoms with Crippen LogP contribution in [0.15, 0.2) is 59.2 Å². The van der Waals surface area contributed by atoms with Crippen molar-refractivity contribution < 1.29 is 9.21 Å². The molecular weight excluding hydrogens is 408 g/mol.